The zero-order valence-corrected chi connectivity index (χ0v) is 16.8. The number of ketones is 1. The van der Waals surface area contributed by atoms with Gasteiger partial charge in [-0.25, -0.2) is 9.59 Å². The third kappa shape index (κ3) is 6.43. The summed E-state index contributed by atoms with van der Waals surface area (Å²) in [5, 5.41) is 5.12. The molecule has 2 aromatic rings. The number of carbonyl (C=O) groups excluding carboxylic acids is 4. The summed E-state index contributed by atoms with van der Waals surface area (Å²) < 4.78 is 4.96. The lowest BCUT2D eigenvalue weighted by molar-refractivity contribution is -0.123. The van der Waals surface area contributed by atoms with Crippen LogP contribution in [0.25, 0.3) is 0 Å². The Morgan fingerprint density at radius 1 is 1.00 bits per heavy atom. The molecule has 2 rings (SSSR count). The van der Waals surface area contributed by atoms with Gasteiger partial charge in [-0.05, 0) is 43.7 Å². The van der Waals surface area contributed by atoms with Gasteiger partial charge in [0.05, 0.1) is 5.56 Å². The normalized spacial score (nSPS) is 11.3. The molecule has 0 spiro atoms. The monoisotopic (exact) mass is 416 g/mol. The summed E-state index contributed by atoms with van der Waals surface area (Å²) >= 11 is 5.84. The van der Waals surface area contributed by atoms with Crippen molar-refractivity contribution < 1.29 is 23.9 Å². The minimum atomic E-state index is -0.847. The van der Waals surface area contributed by atoms with Crippen molar-refractivity contribution in [2.75, 3.05) is 6.61 Å². The highest BCUT2D eigenvalue weighted by atomic mass is 35.5. The molecular weight excluding hydrogens is 396 g/mol. The smallest absolute Gasteiger partial charge is 0.339 e. The summed E-state index contributed by atoms with van der Waals surface area (Å²) in [5.41, 5.74) is 0.508. The number of ether oxygens (including phenoxy) is 1. The van der Waals surface area contributed by atoms with Crippen LogP contribution in [-0.2, 0) is 9.53 Å². The number of amides is 3. The van der Waals surface area contributed by atoms with Crippen molar-refractivity contribution in [1.29, 1.82) is 0 Å². The van der Waals surface area contributed by atoms with Crippen LogP contribution in [0.3, 0.4) is 0 Å². The molecule has 1 atom stereocenters. The Morgan fingerprint density at radius 2 is 1.62 bits per heavy atom. The Bertz CT molecular complexity index is 912. The highest BCUT2D eigenvalue weighted by Crippen LogP contribution is 2.17. The third-order valence-corrected chi connectivity index (χ3v) is 4.33. The van der Waals surface area contributed by atoms with Gasteiger partial charge in [0.15, 0.2) is 12.4 Å². The van der Waals surface area contributed by atoms with E-state index in [9.17, 15) is 19.2 Å². The quantitative estimate of drug-likeness (QED) is 0.532. The number of hydrogen-bond acceptors (Lipinski definition) is 5. The average molecular weight is 417 g/mol. The molecule has 0 heterocycles. The number of benzene rings is 2. The van der Waals surface area contributed by atoms with Crippen molar-refractivity contribution in [3.63, 3.8) is 0 Å². The van der Waals surface area contributed by atoms with E-state index >= 15 is 0 Å². The maximum absolute atomic E-state index is 12.7. The SMILES string of the molecule is CC[C@@H](C)NC(=O)NC(=O)COC(=O)c1ccccc1C(=O)c1ccc(Cl)cc1. The first-order chi connectivity index (χ1) is 13.8. The van der Waals surface area contributed by atoms with Gasteiger partial charge in [0.25, 0.3) is 5.91 Å². The molecule has 0 saturated heterocycles. The van der Waals surface area contributed by atoms with Crippen molar-refractivity contribution in [2.45, 2.75) is 26.3 Å². The summed E-state index contributed by atoms with van der Waals surface area (Å²) in [6, 6.07) is 11.6. The number of rotatable bonds is 7. The zero-order valence-electron chi connectivity index (χ0n) is 16.0. The molecule has 8 heteroatoms. The van der Waals surface area contributed by atoms with Crippen molar-refractivity contribution in [2.24, 2.45) is 0 Å². The van der Waals surface area contributed by atoms with E-state index < -0.39 is 24.5 Å². The predicted octanol–water partition coefficient (Wildman–Crippen LogP) is 3.35. The molecule has 0 unspecified atom stereocenters. The van der Waals surface area contributed by atoms with Gasteiger partial charge in [-0.3, -0.25) is 14.9 Å². The molecule has 29 heavy (non-hydrogen) atoms. The number of nitrogens with one attached hydrogen (secondary N) is 2. The average Bonchev–Trinajstić information content (AvgIpc) is 2.71. The first-order valence-corrected chi connectivity index (χ1v) is 9.36. The van der Waals surface area contributed by atoms with E-state index in [0.29, 0.717) is 17.0 Å². The van der Waals surface area contributed by atoms with Crippen LogP contribution in [0.5, 0.6) is 0 Å². The van der Waals surface area contributed by atoms with Gasteiger partial charge in [-0.15, -0.1) is 0 Å². The fourth-order valence-corrected chi connectivity index (χ4v) is 2.48. The number of imide groups is 1. The first-order valence-electron chi connectivity index (χ1n) is 8.98. The Morgan fingerprint density at radius 3 is 2.24 bits per heavy atom. The number of carbonyl (C=O) groups is 4. The number of hydrogen-bond donors (Lipinski definition) is 2. The molecule has 0 aromatic heterocycles. The van der Waals surface area contributed by atoms with Crippen molar-refractivity contribution in [3.05, 3.63) is 70.2 Å². The summed E-state index contributed by atoms with van der Waals surface area (Å²) in [5.74, 6) is -2.01. The molecule has 0 aliphatic carbocycles. The van der Waals surface area contributed by atoms with Crippen LogP contribution < -0.4 is 10.6 Å². The first kappa shape index (κ1) is 22.1. The second-order valence-corrected chi connectivity index (χ2v) is 6.73. The Hall–Kier alpha value is -3.19. The zero-order chi connectivity index (χ0) is 21.4. The predicted molar refractivity (Wildman–Crippen MR) is 108 cm³/mol. The molecule has 0 radical (unpaired) electrons. The van der Waals surface area contributed by atoms with Gasteiger partial charge < -0.3 is 10.1 Å². The third-order valence-electron chi connectivity index (χ3n) is 4.08. The molecule has 0 aliphatic heterocycles. The van der Waals surface area contributed by atoms with Crippen LogP contribution in [0, 0.1) is 0 Å². The second-order valence-electron chi connectivity index (χ2n) is 6.29. The van der Waals surface area contributed by atoms with Gasteiger partial charge in [0.1, 0.15) is 0 Å². The fraction of sp³-hybridized carbons (Fsp3) is 0.238. The van der Waals surface area contributed by atoms with Crippen molar-refractivity contribution in [1.82, 2.24) is 10.6 Å². The van der Waals surface area contributed by atoms with Crippen LogP contribution in [0.15, 0.2) is 48.5 Å². The van der Waals surface area contributed by atoms with Crippen molar-refractivity contribution in [3.8, 4) is 0 Å². The molecule has 2 aromatic carbocycles. The van der Waals surface area contributed by atoms with E-state index in [-0.39, 0.29) is 23.0 Å². The van der Waals surface area contributed by atoms with E-state index in [4.69, 9.17) is 16.3 Å². The van der Waals surface area contributed by atoms with Gasteiger partial charge in [0.2, 0.25) is 0 Å². The van der Waals surface area contributed by atoms with Gasteiger partial charge >= 0.3 is 12.0 Å². The van der Waals surface area contributed by atoms with Gasteiger partial charge in [0, 0.05) is 22.2 Å². The molecule has 0 aliphatic rings. The summed E-state index contributed by atoms with van der Waals surface area (Å²) in [4.78, 5) is 48.5. The number of esters is 1. The topological polar surface area (TPSA) is 102 Å². The lowest BCUT2D eigenvalue weighted by atomic mass is 9.98. The Kier molecular flexibility index (Phi) is 7.91. The van der Waals surface area contributed by atoms with Crippen LogP contribution in [0.2, 0.25) is 5.02 Å². The van der Waals surface area contributed by atoms with E-state index in [1.54, 1.807) is 43.3 Å². The molecule has 3 amide bonds. The largest absolute Gasteiger partial charge is 0.452 e. The molecule has 2 N–H and O–H groups in total. The standard InChI is InChI=1S/C21H21ClN2O5/c1-3-13(2)23-21(28)24-18(25)12-29-20(27)17-7-5-4-6-16(17)19(26)14-8-10-15(22)11-9-14/h4-11,13H,3,12H2,1-2H3,(H2,23,24,25,28)/t13-/m1/s1. The van der Waals surface area contributed by atoms with Crippen LogP contribution in [0.4, 0.5) is 4.79 Å². The van der Waals surface area contributed by atoms with Crippen LogP contribution in [0.1, 0.15) is 46.5 Å². The maximum Gasteiger partial charge on any atom is 0.339 e. The molecule has 0 bridgehead atoms. The lowest BCUT2D eigenvalue weighted by Gasteiger charge is -2.12. The molecule has 7 nitrogen and oxygen atoms in total. The van der Waals surface area contributed by atoms with E-state index in [1.165, 1.54) is 12.1 Å². The molecule has 152 valence electrons. The number of urea groups is 1. The number of halogens is 1. The fourth-order valence-electron chi connectivity index (χ4n) is 2.35. The van der Waals surface area contributed by atoms with Gasteiger partial charge in [-0.1, -0.05) is 36.7 Å². The Balaban J connectivity index is 2.03. The Labute approximate surface area is 173 Å². The van der Waals surface area contributed by atoms with E-state index in [2.05, 4.69) is 10.6 Å². The highest BCUT2D eigenvalue weighted by molar-refractivity contribution is 6.30. The molecule has 0 fully saturated rings. The summed E-state index contributed by atoms with van der Waals surface area (Å²) in [6.45, 7) is 3.02. The van der Waals surface area contributed by atoms with Crippen LogP contribution in [-0.4, -0.2) is 36.3 Å². The van der Waals surface area contributed by atoms with Crippen LogP contribution >= 0.6 is 11.6 Å². The minimum absolute atomic E-state index is 0.0179. The van der Waals surface area contributed by atoms with Crippen molar-refractivity contribution >= 4 is 35.3 Å². The maximum atomic E-state index is 12.7. The summed E-state index contributed by atoms with van der Waals surface area (Å²) in [6.07, 6.45) is 0.703. The van der Waals surface area contributed by atoms with Gasteiger partial charge in [-0.2, -0.15) is 0 Å². The minimum Gasteiger partial charge on any atom is -0.452 e. The molecular formula is C21H21ClN2O5. The molecule has 0 saturated carbocycles. The highest BCUT2D eigenvalue weighted by Gasteiger charge is 2.20. The van der Waals surface area contributed by atoms with E-state index in [0.717, 1.165) is 0 Å². The van der Waals surface area contributed by atoms with E-state index in [1.807, 2.05) is 6.92 Å². The summed E-state index contributed by atoms with van der Waals surface area (Å²) in [7, 11) is 0. The lowest BCUT2D eigenvalue weighted by Crippen LogP contribution is -2.44. The second kappa shape index (κ2) is 10.4.